The number of esters is 2. The standard InChI is InChI=1S/C35H58O8/c1-3-5-7-8-9-10-11-16-20-26-34(40)42-28-31(37)29-43-35(41)27-21-25-33(39)32(38)24-19-15-13-12-14-18-23-30(36)22-17-6-4-2/h6,12-15,17-19,23-24,30-33,36-39H,3-5,7-11,16,20-22,25-29H2,1-2H3/b14-12+,15-13-,17-6-,23-18+,24-19-/t30-,31+,32+,33+/m1/s1. The zero-order valence-electron chi connectivity index (χ0n) is 26.5. The number of carbonyl (C=O) groups excluding carboxylic acids is 2. The Kier molecular flexibility index (Phi) is 27.8. The van der Waals surface area contributed by atoms with E-state index >= 15 is 0 Å². The van der Waals surface area contributed by atoms with Crippen molar-refractivity contribution in [2.45, 2.75) is 135 Å². The zero-order valence-corrected chi connectivity index (χ0v) is 26.5. The number of aliphatic hydroxyl groups is 4. The van der Waals surface area contributed by atoms with Crippen LogP contribution in [0.2, 0.25) is 0 Å². The van der Waals surface area contributed by atoms with Crippen LogP contribution in [-0.4, -0.2) is 70.0 Å². The highest BCUT2D eigenvalue weighted by Crippen LogP contribution is 2.11. The lowest BCUT2D eigenvalue weighted by Gasteiger charge is -2.14. The average molecular weight is 607 g/mol. The fraction of sp³-hybridized carbons (Fsp3) is 0.657. The van der Waals surface area contributed by atoms with Crippen LogP contribution in [0, 0.1) is 0 Å². The van der Waals surface area contributed by atoms with E-state index in [0.29, 0.717) is 19.3 Å². The monoisotopic (exact) mass is 606 g/mol. The van der Waals surface area contributed by atoms with Crippen LogP contribution in [0.1, 0.15) is 110 Å². The molecule has 0 aliphatic carbocycles. The third-order valence-corrected chi connectivity index (χ3v) is 6.61. The van der Waals surface area contributed by atoms with Crippen LogP contribution in [-0.2, 0) is 19.1 Å². The van der Waals surface area contributed by atoms with Crippen LogP contribution in [0.5, 0.6) is 0 Å². The molecule has 0 heterocycles. The summed E-state index contributed by atoms with van der Waals surface area (Å²) in [6.45, 7) is 3.76. The molecule has 0 bridgehead atoms. The molecule has 0 spiro atoms. The van der Waals surface area contributed by atoms with Crippen LogP contribution in [0.3, 0.4) is 0 Å². The van der Waals surface area contributed by atoms with Crippen LogP contribution in [0.25, 0.3) is 0 Å². The molecule has 0 aliphatic heterocycles. The maximum absolute atomic E-state index is 11.9. The van der Waals surface area contributed by atoms with Gasteiger partial charge < -0.3 is 29.9 Å². The van der Waals surface area contributed by atoms with Gasteiger partial charge in [0, 0.05) is 12.8 Å². The molecule has 0 rings (SSSR count). The summed E-state index contributed by atoms with van der Waals surface area (Å²) in [5.41, 5.74) is 0. The molecule has 246 valence electrons. The van der Waals surface area contributed by atoms with Gasteiger partial charge in [-0.25, -0.2) is 0 Å². The maximum atomic E-state index is 11.9. The molecule has 0 radical (unpaired) electrons. The Balaban J connectivity index is 3.91. The highest BCUT2D eigenvalue weighted by atomic mass is 16.6. The summed E-state index contributed by atoms with van der Waals surface area (Å²) in [6.07, 6.45) is 26.6. The quantitative estimate of drug-likeness (QED) is 0.0377. The molecule has 0 aromatic heterocycles. The molecule has 0 aromatic rings. The molecule has 0 saturated carbocycles. The topological polar surface area (TPSA) is 134 Å². The number of allylic oxidation sites excluding steroid dienone is 7. The molecule has 8 nitrogen and oxygen atoms in total. The Labute approximate surface area is 259 Å². The number of ether oxygens (including phenoxy) is 2. The van der Waals surface area contributed by atoms with E-state index in [1.54, 1.807) is 42.5 Å². The molecule has 0 aliphatic rings. The molecule has 0 aromatic carbocycles. The number of unbranched alkanes of at least 4 members (excludes halogenated alkanes) is 8. The van der Waals surface area contributed by atoms with Crippen molar-refractivity contribution in [3.8, 4) is 0 Å². The summed E-state index contributed by atoms with van der Waals surface area (Å²) >= 11 is 0. The molecule has 0 unspecified atom stereocenters. The van der Waals surface area contributed by atoms with Crippen molar-refractivity contribution < 1.29 is 39.5 Å². The van der Waals surface area contributed by atoms with Gasteiger partial charge in [0.2, 0.25) is 0 Å². The summed E-state index contributed by atoms with van der Waals surface area (Å²) in [7, 11) is 0. The van der Waals surface area contributed by atoms with Crippen LogP contribution in [0.4, 0.5) is 0 Å². The SMILES string of the molecule is CC/C=C\C[C@@H](O)/C=C/C=C/C=C\C=C/[C@H](O)[C@@H](O)CCCC(=O)OC[C@@H](O)COC(=O)CCCCCCCCCCC. The Morgan fingerprint density at radius 3 is 1.72 bits per heavy atom. The van der Waals surface area contributed by atoms with Gasteiger partial charge in [-0.15, -0.1) is 0 Å². The summed E-state index contributed by atoms with van der Waals surface area (Å²) < 4.78 is 10.1. The van der Waals surface area contributed by atoms with E-state index in [2.05, 4.69) is 6.92 Å². The lowest BCUT2D eigenvalue weighted by atomic mass is 10.1. The first kappa shape index (κ1) is 40.5. The van der Waals surface area contributed by atoms with Gasteiger partial charge in [0.1, 0.15) is 19.3 Å². The number of hydrogen-bond donors (Lipinski definition) is 4. The fourth-order valence-corrected chi connectivity index (χ4v) is 4.01. The Hall–Kier alpha value is -2.52. The minimum atomic E-state index is -1.09. The minimum absolute atomic E-state index is 0.0282. The minimum Gasteiger partial charge on any atom is -0.463 e. The van der Waals surface area contributed by atoms with Gasteiger partial charge in [-0.05, 0) is 32.1 Å². The third-order valence-electron chi connectivity index (χ3n) is 6.61. The largest absolute Gasteiger partial charge is 0.463 e. The van der Waals surface area contributed by atoms with Gasteiger partial charge in [0.05, 0.1) is 18.3 Å². The summed E-state index contributed by atoms with van der Waals surface area (Å²) in [5.74, 6) is -0.896. The Bertz CT molecular complexity index is 830. The first-order chi connectivity index (χ1) is 20.8. The molecule has 43 heavy (non-hydrogen) atoms. The van der Waals surface area contributed by atoms with Crippen LogP contribution < -0.4 is 0 Å². The van der Waals surface area contributed by atoms with E-state index in [1.165, 1.54) is 44.6 Å². The van der Waals surface area contributed by atoms with Crippen molar-refractivity contribution in [2.75, 3.05) is 13.2 Å². The fourth-order valence-electron chi connectivity index (χ4n) is 4.01. The van der Waals surface area contributed by atoms with Gasteiger partial charge >= 0.3 is 11.9 Å². The summed E-state index contributed by atoms with van der Waals surface area (Å²) in [6, 6.07) is 0. The first-order valence-corrected chi connectivity index (χ1v) is 16.2. The Morgan fingerprint density at radius 1 is 0.628 bits per heavy atom. The van der Waals surface area contributed by atoms with Crippen LogP contribution >= 0.6 is 0 Å². The van der Waals surface area contributed by atoms with Crippen molar-refractivity contribution in [1.29, 1.82) is 0 Å². The van der Waals surface area contributed by atoms with Crippen molar-refractivity contribution in [2.24, 2.45) is 0 Å². The lowest BCUT2D eigenvalue weighted by Crippen LogP contribution is -2.26. The predicted molar refractivity (Wildman–Crippen MR) is 172 cm³/mol. The van der Waals surface area contributed by atoms with Crippen molar-refractivity contribution in [3.05, 3.63) is 60.8 Å². The summed E-state index contributed by atoms with van der Waals surface area (Å²) in [4.78, 5) is 23.8. The molecule has 0 fully saturated rings. The van der Waals surface area contributed by atoms with Gasteiger partial charge in [0.15, 0.2) is 0 Å². The maximum Gasteiger partial charge on any atom is 0.305 e. The normalized spacial score (nSPS) is 15.2. The smallest absolute Gasteiger partial charge is 0.305 e. The molecular formula is C35H58O8. The number of carbonyl (C=O) groups is 2. The molecular weight excluding hydrogens is 548 g/mol. The predicted octanol–water partition coefficient (Wildman–Crippen LogP) is 6.19. The lowest BCUT2D eigenvalue weighted by molar-refractivity contribution is -0.152. The van der Waals surface area contributed by atoms with E-state index in [1.807, 2.05) is 19.1 Å². The van der Waals surface area contributed by atoms with E-state index in [4.69, 9.17) is 9.47 Å². The second kappa shape index (κ2) is 29.5. The second-order valence-electron chi connectivity index (χ2n) is 10.8. The number of aliphatic hydroxyl groups excluding tert-OH is 4. The molecule has 4 atom stereocenters. The average Bonchev–Trinajstić information content (AvgIpc) is 2.99. The van der Waals surface area contributed by atoms with E-state index in [0.717, 1.165) is 25.7 Å². The molecule has 4 N–H and O–H groups in total. The van der Waals surface area contributed by atoms with E-state index in [-0.39, 0.29) is 32.0 Å². The van der Waals surface area contributed by atoms with E-state index < -0.39 is 30.4 Å². The van der Waals surface area contributed by atoms with Crippen LogP contribution in [0.15, 0.2) is 60.8 Å². The zero-order chi connectivity index (χ0) is 32.0. The van der Waals surface area contributed by atoms with Gasteiger partial charge in [-0.1, -0.05) is 126 Å². The third kappa shape index (κ3) is 28.0. The highest BCUT2D eigenvalue weighted by molar-refractivity contribution is 5.69. The van der Waals surface area contributed by atoms with Gasteiger partial charge in [-0.2, -0.15) is 0 Å². The van der Waals surface area contributed by atoms with Crippen molar-refractivity contribution in [3.63, 3.8) is 0 Å². The van der Waals surface area contributed by atoms with Gasteiger partial charge in [-0.3, -0.25) is 9.59 Å². The first-order valence-electron chi connectivity index (χ1n) is 16.2. The Morgan fingerprint density at radius 2 is 1.14 bits per heavy atom. The summed E-state index contributed by atoms with van der Waals surface area (Å²) in [5, 5.41) is 39.8. The number of hydrogen-bond acceptors (Lipinski definition) is 8. The molecule has 0 amide bonds. The highest BCUT2D eigenvalue weighted by Gasteiger charge is 2.15. The number of rotatable bonds is 27. The second-order valence-corrected chi connectivity index (χ2v) is 10.8. The van der Waals surface area contributed by atoms with Crippen molar-refractivity contribution >= 4 is 11.9 Å². The molecule has 0 saturated heterocycles. The van der Waals surface area contributed by atoms with Crippen molar-refractivity contribution in [1.82, 2.24) is 0 Å². The van der Waals surface area contributed by atoms with E-state index in [9.17, 15) is 30.0 Å². The van der Waals surface area contributed by atoms with Gasteiger partial charge in [0.25, 0.3) is 0 Å². The molecule has 8 heteroatoms.